The number of carbonyl (C=O) groups excluding carboxylic acids is 2. The Labute approximate surface area is 198 Å². The Kier molecular flexibility index (Phi) is 7.10. The van der Waals surface area contributed by atoms with Gasteiger partial charge in [-0.05, 0) is 74.5 Å². The standard InChI is InChI=1S/C27H40N4O2/c1-19(2)17-27(3)25(33)31(26(28)29-27)18-20-13-15-30(16-14-20)24(32)23-11-9-22(10-12-23)21-7-5-4-6-8-21/h9-12,19-21H,4-8,13-18H2,1-3H3,(H2,28,29). The van der Waals surface area contributed by atoms with Gasteiger partial charge in [0.1, 0.15) is 5.54 Å². The largest absolute Gasteiger partial charge is 0.369 e. The zero-order valence-corrected chi connectivity index (χ0v) is 20.6. The number of likely N-dealkylation sites (tertiary alicyclic amines) is 1. The smallest absolute Gasteiger partial charge is 0.257 e. The minimum absolute atomic E-state index is 0.0188. The highest BCUT2D eigenvalue weighted by Crippen LogP contribution is 2.33. The summed E-state index contributed by atoms with van der Waals surface area (Å²) in [6.07, 6.45) is 8.99. The molecule has 1 aromatic carbocycles. The fraction of sp³-hybridized carbons (Fsp3) is 0.667. The van der Waals surface area contributed by atoms with Gasteiger partial charge in [-0.25, -0.2) is 4.99 Å². The predicted molar refractivity (Wildman–Crippen MR) is 132 cm³/mol. The molecule has 1 atom stereocenters. The van der Waals surface area contributed by atoms with E-state index in [1.54, 1.807) is 4.90 Å². The number of benzene rings is 1. The number of piperidine rings is 1. The molecule has 1 saturated heterocycles. The Bertz CT molecular complexity index is 880. The molecule has 180 valence electrons. The molecular formula is C27H40N4O2. The quantitative estimate of drug-likeness (QED) is 0.688. The Morgan fingerprint density at radius 1 is 1.09 bits per heavy atom. The lowest BCUT2D eigenvalue weighted by atomic mass is 9.84. The second-order valence-corrected chi connectivity index (χ2v) is 11.0. The maximum atomic E-state index is 13.1. The van der Waals surface area contributed by atoms with Crippen LogP contribution in [-0.2, 0) is 4.79 Å². The van der Waals surface area contributed by atoms with Gasteiger partial charge >= 0.3 is 0 Å². The average molecular weight is 453 g/mol. The number of guanidine groups is 1. The molecule has 1 unspecified atom stereocenters. The summed E-state index contributed by atoms with van der Waals surface area (Å²) in [4.78, 5) is 34.2. The molecule has 0 aromatic heterocycles. The lowest BCUT2D eigenvalue weighted by Crippen LogP contribution is -2.47. The second kappa shape index (κ2) is 9.86. The van der Waals surface area contributed by atoms with Gasteiger partial charge in [-0.3, -0.25) is 14.5 Å². The van der Waals surface area contributed by atoms with Crippen molar-refractivity contribution in [3.05, 3.63) is 35.4 Å². The number of nitrogens with two attached hydrogens (primary N) is 1. The molecule has 1 aromatic rings. The summed E-state index contributed by atoms with van der Waals surface area (Å²) in [6, 6.07) is 8.33. The fourth-order valence-electron chi connectivity index (χ4n) is 5.95. The van der Waals surface area contributed by atoms with Crippen molar-refractivity contribution in [1.82, 2.24) is 9.80 Å². The third-order valence-corrected chi connectivity index (χ3v) is 7.73. The molecule has 4 rings (SSSR count). The highest BCUT2D eigenvalue weighted by molar-refractivity contribution is 6.06. The van der Waals surface area contributed by atoms with Crippen LogP contribution in [-0.4, -0.2) is 52.7 Å². The van der Waals surface area contributed by atoms with Crippen molar-refractivity contribution in [2.24, 2.45) is 22.6 Å². The van der Waals surface area contributed by atoms with Crippen LogP contribution < -0.4 is 5.73 Å². The molecule has 6 nitrogen and oxygen atoms in total. The Hall–Kier alpha value is -2.37. The minimum Gasteiger partial charge on any atom is -0.369 e. The second-order valence-electron chi connectivity index (χ2n) is 11.0. The maximum absolute atomic E-state index is 13.1. The van der Waals surface area contributed by atoms with Crippen molar-refractivity contribution in [3.63, 3.8) is 0 Å². The van der Waals surface area contributed by atoms with Gasteiger partial charge in [0.05, 0.1) is 0 Å². The van der Waals surface area contributed by atoms with Crippen molar-refractivity contribution in [2.45, 2.75) is 83.6 Å². The first-order valence-electron chi connectivity index (χ1n) is 12.8. The lowest BCUT2D eigenvalue weighted by molar-refractivity contribution is -0.131. The van der Waals surface area contributed by atoms with Gasteiger partial charge in [0.25, 0.3) is 11.8 Å². The van der Waals surface area contributed by atoms with Gasteiger partial charge in [0, 0.05) is 25.2 Å². The summed E-state index contributed by atoms with van der Waals surface area (Å²) in [5.41, 5.74) is 7.57. The van der Waals surface area contributed by atoms with Gasteiger partial charge in [0.2, 0.25) is 0 Å². The summed E-state index contributed by atoms with van der Waals surface area (Å²) in [5.74, 6) is 1.85. The molecule has 2 fully saturated rings. The number of hydrogen-bond donors (Lipinski definition) is 1. The number of carbonyl (C=O) groups is 2. The molecule has 0 bridgehead atoms. The van der Waals surface area contributed by atoms with Crippen LogP contribution >= 0.6 is 0 Å². The van der Waals surface area contributed by atoms with E-state index in [9.17, 15) is 9.59 Å². The first-order chi connectivity index (χ1) is 15.8. The third-order valence-electron chi connectivity index (χ3n) is 7.73. The zero-order valence-electron chi connectivity index (χ0n) is 20.6. The van der Waals surface area contributed by atoms with Crippen LogP contribution in [0.15, 0.2) is 29.3 Å². The molecule has 0 radical (unpaired) electrons. The van der Waals surface area contributed by atoms with Crippen molar-refractivity contribution in [1.29, 1.82) is 0 Å². The van der Waals surface area contributed by atoms with Crippen molar-refractivity contribution >= 4 is 17.8 Å². The predicted octanol–water partition coefficient (Wildman–Crippen LogP) is 4.55. The zero-order chi connectivity index (χ0) is 23.6. The SMILES string of the molecule is CC(C)CC1(C)N=C(N)N(CC2CCN(C(=O)c3ccc(C4CCCCC4)cc3)CC2)C1=O. The molecule has 3 aliphatic rings. The number of hydrogen-bond acceptors (Lipinski definition) is 4. The summed E-state index contributed by atoms with van der Waals surface area (Å²) in [7, 11) is 0. The summed E-state index contributed by atoms with van der Waals surface area (Å²) in [5, 5.41) is 0. The van der Waals surface area contributed by atoms with E-state index in [1.807, 2.05) is 24.0 Å². The number of amides is 2. The van der Waals surface area contributed by atoms with E-state index < -0.39 is 5.54 Å². The number of aliphatic imine (C=N–C) groups is 1. The third kappa shape index (κ3) is 5.25. The summed E-state index contributed by atoms with van der Waals surface area (Å²) < 4.78 is 0. The lowest BCUT2D eigenvalue weighted by Gasteiger charge is -2.34. The molecule has 33 heavy (non-hydrogen) atoms. The molecule has 2 heterocycles. The first-order valence-corrected chi connectivity index (χ1v) is 12.8. The topological polar surface area (TPSA) is 79.0 Å². The molecule has 0 spiro atoms. The van der Waals surface area contributed by atoms with Gasteiger partial charge in [-0.1, -0.05) is 45.2 Å². The average Bonchev–Trinajstić information content (AvgIpc) is 3.02. The van der Waals surface area contributed by atoms with Crippen LogP contribution in [0.4, 0.5) is 0 Å². The normalized spacial score (nSPS) is 25.1. The van der Waals surface area contributed by atoms with E-state index in [2.05, 4.69) is 31.0 Å². The van der Waals surface area contributed by atoms with Crippen LogP contribution in [0.25, 0.3) is 0 Å². The number of rotatable bonds is 6. The summed E-state index contributed by atoms with van der Waals surface area (Å²) >= 11 is 0. The van der Waals surface area contributed by atoms with Crippen LogP contribution in [0.5, 0.6) is 0 Å². The van der Waals surface area contributed by atoms with E-state index >= 15 is 0 Å². The van der Waals surface area contributed by atoms with Gasteiger partial charge in [-0.2, -0.15) is 0 Å². The minimum atomic E-state index is -0.737. The van der Waals surface area contributed by atoms with E-state index in [-0.39, 0.29) is 11.8 Å². The highest BCUT2D eigenvalue weighted by atomic mass is 16.2. The molecule has 1 aliphatic carbocycles. The fourth-order valence-corrected chi connectivity index (χ4v) is 5.95. The van der Waals surface area contributed by atoms with Gasteiger partial charge in [-0.15, -0.1) is 0 Å². The monoisotopic (exact) mass is 452 g/mol. The van der Waals surface area contributed by atoms with Crippen LogP contribution in [0.1, 0.15) is 94.0 Å². The molecule has 2 amide bonds. The van der Waals surface area contributed by atoms with E-state index in [1.165, 1.54) is 37.7 Å². The molecule has 2 aliphatic heterocycles. The van der Waals surface area contributed by atoms with Crippen molar-refractivity contribution < 1.29 is 9.59 Å². The van der Waals surface area contributed by atoms with Crippen LogP contribution in [0.3, 0.4) is 0 Å². The van der Waals surface area contributed by atoms with Gasteiger partial charge < -0.3 is 10.6 Å². The Morgan fingerprint density at radius 3 is 2.33 bits per heavy atom. The van der Waals surface area contributed by atoms with Crippen molar-refractivity contribution in [3.8, 4) is 0 Å². The molecule has 1 saturated carbocycles. The van der Waals surface area contributed by atoms with E-state index in [4.69, 9.17) is 5.73 Å². The molecular weight excluding hydrogens is 412 g/mol. The Morgan fingerprint density at radius 2 is 1.73 bits per heavy atom. The Balaban J connectivity index is 1.29. The van der Waals surface area contributed by atoms with Crippen LogP contribution in [0.2, 0.25) is 0 Å². The van der Waals surface area contributed by atoms with E-state index in [0.29, 0.717) is 36.7 Å². The first kappa shape index (κ1) is 23.8. The van der Waals surface area contributed by atoms with Crippen molar-refractivity contribution in [2.75, 3.05) is 19.6 Å². The molecule has 6 heteroatoms. The number of nitrogens with zero attached hydrogens (tertiary/aromatic N) is 3. The van der Waals surface area contributed by atoms with Gasteiger partial charge in [0.15, 0.2) is 5.96 Å². The highest BCUT2D eigenvalue weighted by Gasteiger charge is 2.44. The van der Waals surface area contributed by atoms with Crippen LogP contribution in [0, 0.1) is 11.8 Å². The van der Waals surface area contributed by atoms with E-state index in [0.717, 1.165) is 31.5 Å². The molecule has 2 N–H and O–H groups in total. The maximum Gasteiger partial charge on any atom is 0.257 e. The summed E-state index contributed by atoms with van der Waals surface area (Å²) in [6.45, 7) is 8.13.